The Bertz CT molecular complexity index is 109. The zero-order chi connectivity index (χ0) is 12.6. The van der Waals surface area contributed by atoms with Crippen molar-refractivity contribution in [3.63, 3.8) is 0 Å². The van der Waals surface area contributed by atoms with Gasteiger partial charge in [0.1, 0.15) is 0 Å². The van der Waals surface area contributed by atoms with Crippen LogP contribution in [0.2, 0.25) is 8.26 Å². The van der Waals surface area contributed by atoms with Crippen molar-refractivity contribution >= 4 is 0 Å². The summed E-state index contributed by atoms with van der Waals surface area (Å²) in [5, 5.41) is 0. The second-order valence-corrected chi connectivity index (χ2v) is 8.97. The van der Waals surface area contributed by atoms with Crippen molar-refractivity contribution in [2.75, 3.05) is 0 Å². The number of hydrogen-bond acceptors (Lipinski definition) is 0. The molecule has 0 atom stereocenters. The quantitative estimate of drug-likeness (QED) is 0.315. The van der Waals surface area contributed by atoms with Gasteiger partial charge < -0.3 is 0 Å². The molecule has 0 N–H and O–H groups in total. The molecular weight excluding hydrogens is 283 g/mol. The van der Waals surface area contributed by atoms with E-state index in [4.69, 9.17) is 0 Å². The first-order chi connectivity index (χ1) is 8.41. The van der Waals surface area contributed by atoms with E-state index in [2.05, 4.69) is 13.8 Å². The van der Waals surface area contributed by atoms with Gasteiger partial charge in [-0.2, -0.15) is 0 Å². The molecule has 0 aromatic rings. The fraction of sp³-hybridized carbons (Fsp3) is 1.00. The Labute approximate surface area is 122 Å². The fourth-order valence-electron chi connectivity index (χ4n) is 2.19. The van der Waals surface area contributed by atoms with Crippen LogP contribution in [0.25, 0.3) is 0 Å². The molecule has 0 bridgehead atoms. The number of rotatable bonds is 14. The van der Waals surface area contributed by atoms with E-state index < -0.39 is 0 Å². The maximum atomic E-state index is 2.30. The third kappa shape index (κ3) is 16.9. The van der Waals surface area contributed by atoms with Crippen molar-refractivity contribution in [1.29, 1.82) is 0 Å². The Hall–Kier alpha value is 0.883. The minimum absolute atomic E-state index is 0.0736. The van der Waals surface area contributed by atoms with Crippen LogP contribution in [0.15, 0.2) is 0 Å². The molecule has 102 valence electrons. The second kappa shape index (κ2) is 16.9. The van der Waals surface area contributed by atoms with Gasteiger partial charge in [-0.25, -0.2) is 0 Å². The normalized spacial score (nSPS) is 10.7. The first-order valence-corrected chi connectivity index (χ1v) is 11.6. The Balaban J connectivity index is 2.85. The van der Waals surface area contributed by atoms with Crippen LogP contribution in [0.4, 0.5) is 0 Å². The molecule has 0 aliphatic carbocycles. The Kier molecular flexibility index (Phi) is 17.8. The summed E-state index contributed by atoms with van der Waals surface area (Å²) in [4.78, 5) is 0. The molecular formula is C16H34Zr. The van der Waals surface area contributed by atoms with Crippen LogP contribution in [0.1, 0.15) is 90.9 Å². The van der Waals surface area contributed by atoms with E-state index in [1.54, 1.807) is 21.1 Å². The SMILES string of the molecule is CCCCCCC[CH2][Zr][CH2]CCCCCCC. The van der Waals surface area contributed by atoms with Gasteiger partial charge in [-0.3, -0.25) is 0 Å². The summed E-state index contributed by atoms with van der Waals surface area (Å²) in [5.74, 6) is 0. The summed E-state index contributed by atoms with van der Waals surface area (Å²) in [6.07, 6.45) is 17.8. The van der Waals surface area contributed by atoms with Gasteiger partial charge in [0.15, 0.2) is 0 Å². The summed E-state index contributed by atoms with van der Waals surface area (Å²) < 4.78 is 3.31. The van der Waals surface area contributed by atoms with E-state index >= 15 is 0 Å². The Morgan fingerprint density at radius 2 is 0.824 bits per heavy atom. The second-order valence-electron chi connectivity index (χ2n) is 5.29. The van der Waals surface area contributed by atoms with Crippen LogP contribution in [0.5, 0.6) is 0 Å². The van der Waals surface area contributed by atoms with E-state index in [0.717, 1.165) is 0 Å². The summed E-state index contributed by atoms with van der Waals surface area (Å²) in [7, 11) is 0. The third-order valence-corrected chi connectivity index (χ3v) is 6.89. The van der Waals surface area contributed by atoms with Crippen LogP contribution < -0.4 is 0 Å². The van der Waals surface area contributed by atoms with E-state index in [1.807, 2.05) is 0 Å². The summed E-state index contributed by atoms with van der Waals surface area (Å²) in [6.45, 7) is 4.60. The first-order valence-electron chi connectivity index (χ1n) is 8.12. The van der Waals surface area contributed by atoms with Crippen molar-refractivity contribution in [3.8, 4) is 0 Å². The van der Waals surface area contributed by atoms with E-state index in [0.29, 0.717) is 0 Å². The fourth-order valence-corrected chi connectivity index (χ4v) is 5.26. The molecule has 0 heterocycles. The van der Waals surface area contributed by atoms with Gasteiger partial charge in [-0.15, -0.1) is 0 Å². The molecule has 0 spiro atoms. The summed E-state index contributed by atoms with van der Waals surface area (Å²) in [5.41, 5.74) is 0. The molecule has 0 nitrogen and oxygen atoms in total. The van der Waals surface area contributed by atoms with E-state index in [-0.39, 0.29) is 23.2 Å². The van der Waals surface area contributed by atoms with Gasteiger partial charge in [0.25, 0.3) is 0 Å². The molecule has 0 saturated carbocycles. The van der Waals surface area contributed by atoms with Crippen LogP contribution >= 0.6 is 0 Å². The van der Waals surface area contributed by atoms with Gasteiger partial charge in [0, 0.05) is 0 Å². The Morgan fingerprint density at radius 1 is 0.471 bits per heavy atom. The van der Waals surface area contributed by atoms with E-state index in [1.165, 1.54) is 64.2 Å². The average Bonchev–Trinajstić information content (AvgIpc) is 2.35. The van der Waals surface area contributed by atoms with E-state index in [9.17, 15) is 0 Å². The predicted molar refractivity (Wildman–Crippen MR) is 76.4 cm³/mol. The molecule has 17 heavy (non-hydrogen) atoms. The van der Waals surface area contributed by atoms with Crippen LogP contribution in [0, 0.1) is 0 Å². The number of unbranched alkanes of at least 4 members (excludes halogenated alkanes) is 10. The first kappa shape index (κ1) is 17.9. The third-order valence-electron chi connectivity index (χ3n) is 3.41. The standard InChI is InChI=1S/2C8H17.Zr/c2*1-3-5-7-8-6-4-2;/h2*1,3-8H2,2H3;. The van der Waals surface area contributed by atoms with Crippen LogP contribution in [-0.2, 0) is 23.2 Å². The van der Waals surface area contributed by atoms with Gasteiger partial charge in [-0.05, 0) is 0 Å². The Morgan fingerprint density at radius 3 is 1.24 bits per heavy atom. The van der Waals surface area contributed by atoms with Crippen molar-refractivity contribution in [2.24, 2.45) is 0 Å². The van der Waals surface area contributed by atoms with Crippen LogP contribution in [0.3, 0.4) is 0 Å². The van der Waals surface area contributed by atoms with Crippen molar-refractivity contribution in [2.45, 2.75) is 99.2 Å². The molecule has 0 radical (unpaired) electrons. The molecule has 0 aromatic heterocycles. The van der Waals surface area contributed by atoms with Crippen molar-refractivity contribution in [1.82, 2.24) is 0 Å². The van der Waals surface area contributed by atoms with Gasteiger partial charge in [0.05, 0.1) is 0 Å². The molecule has 0 fully saturated rings. The molecule has 0 unspecified atom stereocenters. The van der Waals surface area contributed by atoms with Crippen molar-refractivity contribution < 1.29 is 23.2 Å². The molecule has 0 aliphatic rings. The zero-order valence-corrected chi connectivity index (χ0v) is 14.9. The molecule has 0 amide bonds. The van der Waals surface area contributed by atoms with Gasteiger partial charge in [-0.1, -0.05) is 0 Å². The number of hydrogen-bond donors (Lipinski definition) is 0. The molecule has 0 aliphatic heterocycles. The van der Waals surface area contributed by atoms with Gasteiger partial charge >= 0.3 is 122 Å². The minimum atomic E-state index is 0.0736. The monoisotopic (exact) mass is 316 g/mol. The molecule has 1 heteroatoms. The maximum absolute atomic E-state index is 2.30. The predicted octanol–water partition coefficient (Wildman–Crippen LogP) is 6.63. The zero-order valence-electron chi connectivity index (χ0n) is 12.4. The topological polar surface area (TPSA) is 0 Å². The molecule has 0 aromatic carbocycles. The van der Waals surface area contributed by atoms with Crippen molar-refractivity contribution in [3.05, 3.63) is 0 Å². The van der Waals surface area contributed by atoms with Gasteiger partial charge in [0.2, 0.25) is 0 Å². The van der Waals surface area contributed by atoms with Crippen LogP contribution in [-0.4, -0.2) is 0 Å². The molecule has 0 rings (SSSR count). The molecule has 0 saturated heterocycles. The summed E-state index contributed by atoms with van der Waals surface area (Å²) >= 11 is 0.0736. The average molecular weight is 318 g/mol. The summed E-state index contributed by atoms with van der Waals surface area (Å²) in [6, 6.07) is 0.